The molecule has 0 aromatic heterocycles. The van der Waals surface area contributed by atoms with E-state index in [1.807, 2.05) is 19.9 Å². The molecule has 0 saturated carbocycles. The van der Waals surface area contributed by atoms with E-state index in [2.05, 4.69) is 42.8 Å². The van der Waals surface area contributed by atoms with E-state index in [1.165, 1.54) is 0 Å². The summed E-state index contributed by atoms with van der Waals surface area (Å²) in [6.07, 6.45) is 1.81. The third-order valence-corrected chi connectivity index (χ3v) is 3.61. The molecule has 3 nitrogen and oxygen atoms in total. The van der Waals surface area contributed by atoms with Gasteiger partial charge >= 0.3 is 0 Å². The van der Waals surface area contributed by atoms with Crippen molar-refractivity contribution in [3.63, 3.8) is 0 Å². The molecule has 4 heteroatoms. The Balaban J connectivity index is 2.90. The van der Waals surface area contributed by atoms with Gasteiger partial charge in [0.2, 0.25) is 0 Å². The van der Waals surface area contributed by atoms with E-state index < -0.39 is 0 Å². The molecule has 0 bridgehead atoms. The standard InChI is InChI=1S/C17H28BrNO2/c1-6-20-15-11-13(9-12(2)19)10-14(18)16(15)21-8-7-17(3,4)5/h10-12H,6-9,19H2,1-5H3. The summed E-state index contributed by atoms with van der Waals surface area (Å²) in [5, 5.41) is 0. The summed E-state index contributed by atoms with van der Waals surface area (Å²) in [6.45, 7) is 11.9. The Hall–Kier alpha value is -0.740. The van der Waals surface area contributed by atoms with Crippen LogP contribution in [0.25, 0.3) is 0 Å². The lowest BCUT2D eigenvalue weighted by Crippen LogP contribution is -2.18. The fourth-order valence-electron chi connectivity index (χ4n) is 1.97. The van der Waals surface area contributed by atoms with Gasteiger partial charge in [-0.25, -0.2) is 0 Å². The number of ether oxygens (including phenoxy) is 2. The van der Waals surface area contributed by atoms with Crippen molar-refractivity contribution in [3.8, 4) is 11.5 Å². The molecule has 1 atom stereocenters. The molecule has 0 heterocycles. The van der Waals surface area contributed by atoms with Crippen LogP contribution in [0.5, 0.6) is 11.5 Å². The average Bonchev–Trinajstić information content (AvgIpc) is 2.30. The van der Waals surface area contributed by atoms with Crippen molar-refractivity contribution < 1.29 is 9.47 Å². The summed E-state index contributed by atoms with van der Waals surface area (Å²) in [4.78, 5) is 0. The molecule has 120 valence electrons. The molecule has 1 aromatic rings. The fraction of sp³-hybridized carbons (Fsp3) is 0.647. The van der Waals surface area contributed by atoms with Gasteiger partial charge in [-0.05, 0) is 65.7 Å². The van der Waals surface area contributed by atoms with Gasteiger partial charge in [-0.3, -0.25) is 0 Å². The van der Waals surface area contributed by atoms with Crippen molar-refractivity contribution in [2.75, 3.05) is 13.2 Å². The van der Waals surface area contributed by atoms with Crippen LogP contribution in [0.15, 0.2) is 16.6 Å². The molecular formula is C17H28BrNO2. The minimum absolute atomic E-state index is 0.124. The van der Waals surface area contributed by atoms with Crippen molar-refractivity contribution >= 4 is 15.9 Å². The largest absolute Gasteiger partial charge is 0.490 e. The maximum Gasteiger partial charge on any atom is 0.175 e. The second-order valence-corrected chi connectivity index (χ2v) is 7.53. The van der Waals surface area contributed by atoms with Crippen LogP contribution in [0.4, 0.5) is 0 Å². The van der Waals surface area contributed by atoms with Crippen LogP contribution in [0.2, 0.25) is 0 Å². The van der Waals surface area contributed by atoms with Crippen LogP contribution in [-0.4, -0.2) is 19.3 Å². The Labute approximate surface area is 137 Å². The fourth-order valence-corrected chi connectivity index (χ4v) is 2.58. The lowest BCUT2D eigenvalue weighted by molar-refractivity contribution is 0.228. The topological polar surface area (TPSA) is 44.5 Å². The van der Waals surface area contributed by atoms with E-state index in [9.17, 15) is 0 Å². The Morgan fingerprint density at radius 1 is 1.24 bits per heavy atom. The molecule has 0 fully saturated rings. The first-order chi connectivity index (χ1) is 9.73. The lowest BCUT2D eigenvalue weighted by atomic mass is 9.93. The van der Waals surface area contributed by atoms with Crippen molar-refractivity contribution in [1.29, 1.82) is 0 Å². The van der Waals surface area contributed by atoms with Crippen LogP contribution in [-0.2, 0) is 6.42 Å². The first kappa shape index (κ1) is 18.3. The molecule has 0 amide bonds. The number of nitrogens with two attached hydrogens (primary N) is 1. The molecule has 0 aliphatic heterocycles. The summed E-state index contributed by atoms with van der Waals surface area (Å²) in [5.74, 6) is 1.57. The zero-order valence-electron chi connectivity index (χ0n) is 13.8. The summed E-state index contributed by atoms with van der Waals surface area (Å²) in [7, 11) is 0. The molecule has 1 unspecified atom stereocenters. The Kier molecular flexibility index (Phi) is 7.01. The highest BCUT2D eigenvalue weighted by molar-refractivity contribution is 9.10. The minimum atomic E-state index is 0.124. The molecule has 0 radical (unpaired) electrons. The molecule has 0 saturated heterocycles. The first-order valence-corrected chi connectivity index (χ1v) is 8.36. The van der Waals surface area contributed by atoms with Crippen molar-refractivity contribution in [2.24, 2.45) is 11.1 Å². The maximum atomic E-state index is 5.95. The maximum absolute atomic E-state index is 5.95. The van der Waals surface area contributed by atoms with Gasteiger partial charge in [0.1, 0.15) is 0 Å². The molecule has 2 N–H and O–H groups in total. The molecule has 1 aromatic carbocycles. The molecule has 1 rings (SSSR count). The van der Waals surface area contributed by atoms with Crippen LogP contribution >= 0.6 is 15.9 Å². The van der Waals surface area contributed by atoms with Crippen LogP contribution in [0.1, 0.15) is 46.6 Å². The van der Waals surface area contributed by atoms with E-state index in [1.54, 1.807) is 0 Å². The zero-order valence-corrected chi connectivity index (χ0v) is 15.4. The van der Waals surface area contributed by atoms with Crippen LogP contribution < -0.4 is 15.2 Å². The molecule has 0 spiro atoms. The van der Waals surface area contributed by atoms with Crippen LogP contribution in [0.3, 0.4) is 0 Å². The third kappa shape index (κ3) is 6.70. The summed E-state index contributed by atoms with van der Waals surface area (Å²) < 4.78 is 12.6. The Morgan fingerprint density at radius 3 is 2.43 bits per heavy atom. The second kappa shape index (κ2) is 8.04. The number of hydrogen-bond acceptors (Lipinski definition) is 3. The van der Waals surface area contributed by atoms with Crippen molar-refractivity contribution in [1.82, 2.24) is 0 Å². The van der Waals surface area contributed by atoms with Gasteiger partial charge < -0.3 is 15.2 Å². The number of rotatable bonds is 7. The van der Waals surface area contributed by atoms with Crippen molar-refractivity contribution in [2.45, 2.75) is 53.5 Å². The van der Waals surface area contributed by atoms with Gasteiger partial charge in [-0.1, -0.05) is 20.8 Å². The van der Waals surface area contributed by atoms with Gasteiger partial charge in [-0.15, -0.1) is 0 Å². The van der Waals surface area contributed by atoms with E-state index in [4.69, 9.17) is 15.2 Å². The van der Waals surface area contributed by atoms with E-state index in [0.29, 0.717) is 13.2 Å². The van der Waals surface area contributed by atoms with Gasteiger partial charge in [0.25, 0.3) is 0 Å². The normalized spacial score (nSPS) is 13.1. The predicted molar refractivity (Wildman–Crippen MR) is 92.2 cm³/mol. The quantitative estimate of drug-likeness (QED) is 0.778. The zero-order chi connectivity index (χ0) is 16.0. The first-order valence-electron chi connectivity index (χ1n) is 7.56. The third-order valence-electron chi connectivity index (χ3n) is 3.03. The lowest BCUT2D eigenvalue weighted by Gasteiger charge is -2.20. The van der Waals surface area contributed by atoms with Gasteiger partial charge in [-0.2, -0.15) is 0 Å². The molecule has 0 aliphatic carbocycles. The van der Waals surface area contributed by atoms with E-state index in [-0.39, 0.29) is 11.5 Å². The van der Waals surface area contributed by atoms with E-state index >= 15 is 0 Å². The highest BCUT2D eigenvalue weighted by atomic mass is 79.9. The molecule has 21 heavy (non-hydrogen) atoms. The number of halogens is 1. The van der Waals surface area contributed by atoms with Crippen molar-refractivity contribution in [3.05, 3.63) is 22.2 Å². The monoisotopic (exact) mass is 357 g/mol. The SMILES string of the molecule is CCOc1cc(CC(C)N)cc(Br)c1OCCC(C)(C)C. The molecule has 0 aliphatic rings. The van der Waals surface area contributed by atoms with Gasteiger partial charge in [0.15, 0.2) is 11.5 Å². The highest BCUT2D eigenvalue weighted by Crippen LogP contribution is 2.37. The van der Waals surface area contributed by atoms with Crippen LogP contribution in [0, 0.1) is 5.41 Å². The smallest absolute Gasteiger partial charge is 0.175 e. The minimum Gasteiger partial charge on any atom is -0.490 e. The molecular weight excluding hydrogens is 330 g/mol. The van der Waals surface area contributed by atoms with E-state index in [0.717, 1.165) is 34.4 Å². The summed E-state index contributed by atoms with van der Waals surface area (Å²) in [5.41, 5.74) is 7.29. The second-order valence-electron chi connectivity index (χ2n) is 6.68. The number of benzene rings is 1. The Morgan fingerprint density at radius 2 is 1.90 bits per heavy atom. The average molecular weight is 358 g/mol. The predicted octanol–water partition coefficient (Wildman–Crippen LogP) is 4.55. The summed E-state index contributed by atoms with van der Waals surface area (Å²) in [6, 6.07) is 4.22. The number of hydrogen-bond donors (Lipinski definition) is 1. The van der Waals surface area contributed by atoms with Gasteiger partial charge in [0.05, 0.1) is 17.7 Å². The Bertz CT molecular complexity index is 453. The highest BCUT2D eigenvalue weighted by Gasteiger charge is 2.15. The van der Waals surface area contributed by atoms with Gasteiger partial charge in [0, 0.05) is 6.04 Å². The summed E-state index contributed by atoms with van der Waals surface area (Å²) >= 11 is 3.59.